The van der Waals surface area contributed by atoms with E-state index in [1.807, 2.05) is 48.7 Å². The zero-order valence-corrected chi connectivity index (χ0v) is 12.1. The lowest BCUT2D eigenvalue weighted by Gasteiger charge is -2.04. The minimum absolute atomic E-state index is 0.784. The first kappa shape index (κ1) is 12.3. The molecule has 0 bridgehead atoms. The summed E-state index contributed by atoms with van der Waals surface area (Å²) >= 11 is 0. The molecule has 23 heavy (non-hydrogen) atoms. The Balaban J connectivity index is 1.93. The molecule has 2 aromatic carbocycles. The van der Waals surface area contributed by atoms with E-state index < -0.39 is 0 Å². The van der Waals surface area contributed by atoms with Gasteiger partial charge in [0.05, 0.1) is 11.0 Å². The van der Waals surface area contributed by atoms with E-state index in [2.05, 4.69) is 21.0 Å². The molecule has 0 saturated heterocycles. The van der Waals surface area contributed by atoms with Crippen molar-refractivity contribution in [2.45, 2.75) is 0 Å². The molecule has 0 amide bonds. The number of hydrogen-bond acceptors (Lipinski definition) is 4. The highest BCUT2D eigenvalue weighted by Crippen LogP contribution is 2.35. The predicted molar refractivity (Wildman–Crippen MR) is 90.0 cm³/mol. The van der Waals surface area contributed by atoms with Crippen LogP contribution in [0.5, 0.6) is 0 Å². The molecule has 0 aliphatic heterocycles. The number of aromatic nitrogens is 3. The third-order valence-electron chi connectivity index (χ3n) is 4.05. The lowest BCUT2D eigenvalue weighted by Crippen LogP contribution is -1.89. The Hall–Kier alpha value is -3.27. The second-order valence-corrected chi connectivity index (χ2v) is 5.36. The van der Waals surface area contributed by atoms with Gasteiger partial charge in [-0.3, -0.25) is 15.0 Å². The van der Waals surface area contributed by atoms with Gasteiger partial charge < -0.3 is 4.42 Å². The molecule has 5 aromatic rings. The average Bonchev–Trinajstić information content (AvgIpc) is 3.00. The van der Waals surface area contributed by atoms with Gasteiger partial charge in [0.1, 0.15) is 11.3 Å². The highest BCUT2D eigenvalue weighted by molar-refractivity contribution is 6.10. The summed E-state index contributed by atoms with van der Waals surface area (Å²) in [7, 11) is 0. The van der Waals surface area contributed by atoms with Crippen molar-refractivity contribution >= 4 is 33.0 Å². The maximum atomic E-state index is 6.08. The molecule has 3 heterocycles. The topological polar surface area (TPSA) is 51.8 Å². The van der Waals surface area contributed by atoms with E-state index in [1.165, 1.54) is 0 Å². The van der Waals surface area contributed by atoms with Gasteiger partial charge >= 0.3 is 0 Å². The van der Waals surface area contributed by atoms with Crippen LogP contribution in [0.4, 0.5) is 0 Å². The molecule has 4 nitrogen and oxygen atoms in total. The molecule has 0 N–H and O–H groups in total. The molecule has 3 aromatic heterocycles. The second-order valence-electron chi connectivity index (χ2n) is 5.36. The maximum absolute atomic E-state index is 6.08. The number of nitrogens with zero attached hydrogens (tertiary/aromatic N) is 3. The number of benzene rings is 2. The van der Waals surface area contributed by atoms with Crippen molar-refractivity contribution in [2.75, 3.05) is 0 Å². The van der Waals surface area contributed by atoms with Crippen LogP contribution in [0, 0.1) is 0 Å². The Morgan fingerprint density at radius 1 is 0.696 bits per heavy atom. The van der Waals surface area contributed by atoms with Crippen molar-refractivity contribution in [3.8, 4) is 11.3 Å². The van der Waals surface area contributed by atoms with Crippen LogP contribution in [0.2, 0.25) is 0 Å². The summed E-state index contributed by atoms with van der Waals surface area (Å²) in [4.78, 5) is 13.4. The summed E-state index contributed by atoms with van der Waals surface area (Å²) < 4.78 is 6.08. The van der Waals surface area contributed by atoms with Gasteiger partial charge in [0.25, 0.3) is 0 Å². The third-order valence-corrected chi connectivity index (χ3v) is 4.05. The van der Waals surface area contributed by atoms with E-state index >= 15 is 0 Å². The third kappa shape index (κ3) is 1.75. The SMILES string of the molecule is c1cc(-c2nccc3c2oc2ccccc23)c2nccnc2c1. The highest BCUT2D eigenvalue weighted by atomic mass is 16.3. The number of para-hydroxylation sites is 2. The molecule has 0 atom stereocenters. The molecule has 4 heteroatoms. The first-order valence-electron chi connectivity index (χ1n) is 7.38. The van der Waals surface area contributed by atoms with Gasteiger partial charge in [-0.05, 0) is 18.2 Å². The van der Waals surface area contributed by atoms with Crippen LogP contribution in [-0.4, -0.2) is 15.0 Å². The van der Waals surface area contributed by atoms with Crippen molar-refractivity contribution in [2.24, 2.45) is 0 Å². The minimum Gasteiger partial charge on any atom is -0.454 e. The predicted octanol–water partition coefficient (Wildman–Crippen LogP) is 4.59. The average molecular weight is 297 g/mol. The lowest BCUT2D eigenvalue weighted by molar-refractivity contribution is 0.668. The zero-order chi connectivity index (χ0) is 15.2. The number of fused-ring (bicyclic) bond motifs is 4. The van der Waals surface area contributed by atoms with Gasteiger partial charge in [0.2, 0.25) is 0 Å². The first-order chi connectivity index (χ1) is 11.4. The fourth-order valence-electron chi connectivity index (χ4n) is 3.03. The normalized spacial score (nSPS) is 11.5. The molecule has 0 saturated carbocycles. The van der Waals surface area contributed by atoms with Crippen LogP contribution in [0.25, 0.3) is 44.2 Å². The van der Waals surface area contributed by atoms with Crippen molar-refractivity contribution < 1.29 is 4.42 Å². The van der Waals surface area contributed by atoms with Crippen LogP contribution in [0.3, 0.4) is 0 Å². The van der Waals surface area contributed by atoms with Crippen LogP contribution < -0.4 is 0 Å². The van der Waals surface area contributed by atoms with Crippen LogP contribution in [0.15, 0.2) is 71.5 Å². The zero-order valence-electron chi connectivity index (χ0n) is 12.1. The van der Waals surface area contributed by atoms with Gasteiger partial charge in [-0.1, -0.05) is 30.3 Å². The van der Waals surface area contributed by atoms with E-state index in [4.69, 9.17) is 4.42 Å². The molecular formula is C19H11N3O. The number of pyridine rings is 1. The van der Waals surface area contributed by atoms with Crippen LogP contribution in [0.1, 0.15) is 0 Å². The molecule has 0 fully saturated rings. The van der Waals surface area contributed by atoms with E-state index in [9.17, 15) is 0 Å². The smallest absolute Gasteiger partial charge is 0.161 e. The van der Waals surface area contributed by atoms with E-state index in [-0.39, 0.29) is 0 Å². The van der Waals surface area contributed by atoms with Gasteiger partial charge in [-0.2, -0.15) is 0 Å². The van der Waals surface area contributed by atoms with Gasteiger partial charge in [0, 0.05) is 34.9 Å². The van der Waals surface area contributed by atoms with Crippen molar-refractivity contribution in [3.63, 3.8) is 0 Å². The lowest BCUT2D eigenvalue weighted by atomic mass is 10.1. The minimum atomic E-state index is 0.784. The molecule has 0 radical (unpaired) electrons. The summed E-state index contributed by atoms with van der Waals surface area (Å²) in [6.07, 6.45) is 5.21. The molecule has 108 valence electrons. The molecule has 0 spiro atoms. The monoisotopic (exact) mass is 297 g/mol. The van der Waals surface area contributed by atoms with Crippen molar-refractivity contribution in [3.05, 3.63) is 67.1 Å². The Morgan fingerprint density at radius 3 is 2.61 bits per heavy atom. The Bertz CT molecular complexity index is 1170. The van der Waals surface area contributed by atoms with Gasteiger partial charge in [-0.15, -0.1) is 0 Å². The standard InChI is InChI=1S/C19H11N3O/c1-2-7-16-12(4-1)13-8-9-21-18(19(13)23-16)14-5-3-6-15-17(14)22-11-10-20-15/h1-11H. The summed E-state index contributed by atoms with van der Waals surface area (Å²) in [5.41, 5.74) is 5.05. The Kier molecular flexibility index (Phi) is 2.46. The molecule has 0 aliphatic carbocycles. The first-order valence-corrected chi connectivity index (χ1v) is 7.38. The van der Waals surface area contributed by atoms with Gasteiger partial charge in [-0.25, -0.2) is 0 Å². The fourth-order valence-corrected chi connectivity index (χ4v) is 3.03. The molecular weight excluding hydrogens is 286 g/mol. The summed E-state index contributed by atoms with van der Waals surface area (Å²) in [5, 5.41) is 2.16. The van der Waals surface area contributed by atoms with E-state index in [1.54, 1.807) is 12.4 Å². The molecule has 5 rings (SSSR count). The highest BCUT2D eigenvalue weighted by Gasteiger charge is 2.15. The fraction of sp³-hybridized carbons (Fsp3) is 0. The summed E-state index contributed by atoms with van der Waals surface area (Å²) in [5.74, 6) is 0. The maximum Gasteiger partial charge on any atom is 0.161 e. The molecule has 0 aliphatic rings. The number of furan rings is 1. The van der Waals surface area contributed by atoms with Crippen LogP contribution >= 0.6 is 0 Å². The Morgan fingerprint density at radius 2 is 1.61 bits per heavy atom. The Labute approximate surface area is 131 Å². The van der Waals surface area contributed by atoms with Crippen LogP contribution in [-0.2, 0) is 0 Å². The summed E-state index contributed by atoms with van der Waals surface area (Å²) in [6.45, 7) is 0. The van der Waals surface area contributed by atoms with E-state index in [0.717, 1.165) is 44.2 Å². The second kappa shape index (κ2) is 4.61. The van der Waals surface area contributed by atoms with Crippen molar-refractivity contribution in [1.82, 2.24) is 15.0 Å². The van der Waals surface area contributed by atoms with E-state index in [0.29, 0.717) is 0 Å². The molecule has 0 unspecified atom stereocenters. The quantitative estimate of drug-likeness (QED) is 0.454. The number of rotatable bonds is 1. The summed E-state index contributed by atoms with van der Waals surface area (Å²) in [6, 6.07) is 15.9. The number of hydrogen-bond donors (Lipinski definition) is 0. The van der Waals surface area contributed by atoms with Gasteiger partial charge in [0.15, 0.2) is 5.58 Å². The largest absolute Gasteiger partial charge is 0.454 e. The van der Waals surface area contributed by atoms with Crippen molar-refractivity contribution in [1.29, 1.82) is 0 Å².